The van der Waals surface area contributed by atoms with Crippen molar-refractivity contribution in [3.8, 4) is 0 Å². The van der Waals surface area contributed by atoms with Crippen molar-refractivity contribution in [1.82, 2.24) is 10.2 Å². The molecule has 1 aliphatic carbocycles. The molecular formula is C15H30N2. The molecular weight excluding hydrogens is 208 g/mol. The van der Waals surface area contributed by atoms with Gasteiger partial charge in [0.05, 0.1) is 0 Å². The third-order valence-corrected chi connectivity index (χ3v) is 4.84. The van der Waals surface area contributed by atoms with Gasteiger partial charge in [-0.2, -0.15) is 0 Å². The highest BCUT2D eigenvalue weighted by molar-refractivity contribution is 4.91. The van der Waals surface area contributed by atoms with Gasteiger partial charge in [-0.1, -0.05) is 26.2 Å². The van der Waals surface area contributed by atoms with Gasteiger partial charge in [0.15, 0.2) is 0 Å². The average Bonchev–Trinajstić information content (AvgIpc) is 2.91. The van der Waals surface area contributed by atoms with E-state index < -0.39 is 0 Å². The van der Waals surface area contributed by atoms with Crippen molar-refractivity contribution in [1.29, 1.82) is 0 Å². The van der Waals surface area contributed by atoms with E-state index in [1.807, 2.05) is 0 Å². The molecule has 17 heavy (non-hydrogen) atoms. The summed E-state index contributed by atoms with van der Waals surface area (Å²) in [5, 5.41) is 3.43. The molecule has 0 bridgehead atoms. The second-order valence-corrected chi connectivity index (χ2v) is 6.42. The second kappa shape index (κ2) is 6.19. The third kappa shape index (κ3) is 3.45. The molecule has 1 unspecified atom stereocenters. The zero-order valence-electron chi connectivity index (χ0n) is 11.8. The zero-order valence-corrected chi connectivity index (χ0v) is 11.8. The lowest BCUT2D eigenvalue weighted by Gasteiger charge is -2.33. The molecule has 100 valence electrons. The van der Waals surface area contributed by atoms with E-state index in [2.05, 4.69) is 24.2 Å². The summed E-state index contributed by atoms with van der Waals surface area (Å²) in [6.45, 7) is 7.63. The summed E-state index contributed by atoms with van der Waals surface area (Å²) in [6, 6.07) is 0. The highest BCUT2D eigenvalue weighted by Gasteiger charge is 2.36. The van der Waals surface area contributed by atoms with Crippen LogP contribution in [0.2, 0.25) is 0 Å². The first-order chi connectivity index (χ1) is 8.28. The summed E-state index contributed by atoms with van der Waals surface area (Å²) < 4.78 is 0. The van der Waals surface area contributed by atoms with E-state index in [4.69, 9.17) is 0 Å². The van der Waals surface area contributed by atoms with Gasteiger partial charge in [0.1, 0.15) is 0 Å². The van der Waals surface area contributed by atoms with Gasteiger partial charge in [-0.3, -0.25) is 0 Å². The predicted molar refractivity (Wildman–Crippen MR) is 74.3 cm³/mol. The van der Waals surface area contributed by atoms with Crippen LogP contribution in [0.3, 0.4) is 0 Å². The Hall–Kier alpha value is -0.0800. The van der Waals surface area contributed by atoms with Crippen molar-refractivity contribution < 1.29 is 0 Å². The van der Waals surface area contributed by atoms with E-state index in [0.717, 1.165) is 5.92 Å². The monoisotopic (exact) mass is 238 g/mol. The Morgan fingerprint density at radius 1 is 1.29 bits per heavy atom. The quantitative estimate of drug-likeness (QED) is 0.765. The van der Waals surface area contributed by atoms with Gasteiger partial charge >= 0.3 is 0 Å². The van der Waals surface area contributed by atoms with E-state index in [9.17, 15) is 0 Å². The molecule has 1 aliphatic heterocycles. The molecule has 2 nitrogen and oxygen atoms in total. The maximum absolute atomic E-state index is 3.43. The summed E-state index contributed by atoms with van der Waals surface area (Å²) in [5.74, 6) is 0.994. The van der Waals surface area contributed by atoms with Crippen LogP contribution in [0, 0.1) is 11.3 Å². The van der Waals surface area contributed by atoms with Crippen LogP contribution in [0.25, 0.3) is 0 Å². The Kier molecular flexibility index (Phi) is 4.87. The third-order valence-electron chi connectivity index (χ3n) is 4.84. The summed E-state index contributed by atoms with van der Waals surface area (Å²) in [5.41, 5.74) is 0.607. The van der Waals surface area contributed by atoms with Crippen molar-refractivity contribution in [3.63, 3.8) is 0 Å². The molecule has 1 saturated carbocycles. The van der Waals surface area contributed by atoms with Gasteiger partial charge in [0.2, 0.25) is 0 Å². The van der Waals surface area contributed by atoms with Crippen LogP contribution >= 0.6 is 0 Å². The molecule has 0 spiro atoms. The smallest absolute Gasteiger partial charge is 0.00503 e. The Morgan fingerprint density at radius 2 is 2.06 bits per heavy atom. The van der Waals surface area contributed by atoms with Crippen LogP contribution < -0.4 is 5.32 Å². The highest BCUT2D eigenvalue weighted by atomic mass is 15.2. The fraction of sp³-hybridized carbons (Fsp3) is 1.00. The van der Waals surface area contributed by atoms with Gasteiger partial charge in [-0.15, -0.1) is 0 Å². The number of likely N-dealkylation sites (tertiary alicyclic amines) is 1. The summed E-state index contributed by atoms with van der Waals surface area (Å²) in [7, 11) is 2.12. The normalized spacial score (nSPS) is 28.9. The fourth-order valence-corrected chi connectivity index (χ4v) is 4.07. The molecule has 0 aromatic rings. The maximum atomic E-state index is 3.43. The average molecular weight is 238 g/mol. The lowest BCUT2D eigenvalue weighted by atomic mass is 9.85. The van der Waals surface area contributed by atoms with Crippen LogP contribution in [-0.4, -0.2) is 38.1 Å². The second-order valence-electron chi connectivity index (χ2n) is 6.42. The largest absolute Gasteiger partial charge is 0.319 e. The van der Waals surface area contributed by atoms with E-state index in [1.165, 1.54) is 71.1 Å². The van der Waals surface area contributed by atoms with Crippen LogP contribution in [0.4, 0.5) is 0 Å². The van der Waals surface area contributed by atoms with Crippen molar-refractivity contribution in [2.24, 2.45) is 11.3 Å². The predicted octanol–water partition coefficient (Wildman–Crippen LogP) is 2.89. The number of rotatable bonds is 6. The molecule has 0 aromatic carbocycles. The fourth-order valence-electron chi connectivity index (χ4n) is 4.07. The van der Waals surface area contributed by atoms with Gasteiger partial charge < -0.3 is 10.2 Å². The molecule has 1 heterocycles. The molecule has 2 heteroatoms. The van der Waals surface area contributed by atoms with E-state index in [0.29, 0.717) is 5.41 Å². The van der Waals surface area contributed by atoms with Gasteiger partial charge in [0.25, 0.3) is 0 Å². The first kappa shape index (κ1) is 13.4. The summed E-state index contributed by atoms with van der Waals surface area (Å²) in [4.78, 5) is 2.75. The van der Waals surface area contributed by atoms with Gasteiger partial charge in [0, 0.05) is 19.6 Å². The van der Waals surface area contributed by atoms with E-state index in [-0.39, 0.29) is 0 Å². The minimum absolute atomic E-state index is 0.607. The number of nitrogens with one attached hydrogen (secondary N) is 1. The van der Waals surface area contributed by atoms with Crippen LogP contribution in [0.5, 0.6) is 0 Å². The number of hydrogen-bond donors (Lipinski definition) is 1. The van der Waals surface area contributed by atoms with Crippen molar-refractivity contribution >= 4 is 0 Å². The van der Waals surface area contributed by atoms with Crippen LogP contribution in [-0.2, 0) is 0 Å². The molecule has 0 radical (unpaired) electrons. The van der Waals surface area contributed by atoms with E-state index in [1.54, 1.807) is 0 Å². The molecule has 1 N–H and O–H groups in total. The molecule has 0 amide bonds. The minimum atomic E-state index is 0.607. The molecule has 2 rings (SSSR count). The molecule has 2 fully saturated rings. The number of hydrogen-bond acceptors (Lipinski definition) is 2. The van der Waals surface area contributed by atoms with Crippen molar-refractivity contribution in [2.75, 3.05) is 33.2 Å². The Morgan fingerprint density at radius 3 is 2.71 bits per heavy atom. The van der Waals surface area contributed by atoms with Gasteiger partial charge in [-0.25, -0.2) is 0 Å². The number of nitrogens with zero attached hydrogens (tertiary/aromatic N) is 1. The van der Waals surface area contributed by atoms with Crippen molar-refractivity contribution in [2.45, 2.75) is 51.9 Å². The maximum Gasteiger partial charge on any atom is 0.00503 e. The topological polar surface area (TPSA) is 15.3 Å². The highest BCUT2D eigenvalue weighted by Crippen LogP contribution is 2.39. The first-order valence-corrected chi connectivity index (χ1v) is 7.65. The molecule has 1 saturated heterocycles. The standard InChI is InChI=1S/C15H30N2/c1-3-6-14-7-10-17(11-14)13-15(12-16-2)8-4-5-9-15/h14,16H,3-13H2,1-2H3. The Labute approximate surface area is 107 Å². The Bertz CT molecular complexity index is 221. The van der Waals surface area contributed by atoms with Crippen molar-refractivity contribution in [3.05, 3.63) is 0 Å². The lowest BCUT2D eigenvalue weighted by Crippen LogP contribution is -2.41. The molecule has 2 aliphatic rings. The first-order valence-electron chi connectivity index (χ1n) is 7.65. The summed E-state index contributed by atoms with van der Waals surface area (Å²) in [6.07, 6.45) is 10.0. The Balaban J connectivity index is 1.83. The SMILES string of the molecule is CCCC1CCN(CC2(CNC)CCCC2)C1. The van der Waals surface area contributed by atoms with Crippen LogP contribution in [0.15, 0.2) is 0 Å². The molecule has 1 atom stereocenters. The van der Waals surface area contributed by atoms with Crippen LogP contribution in [0.1, 0.15) is 51.9 Å². The lowest BCUT2D eigenvalue weighted by molar-refractivity contribution is 0.170. The van der Waals surface area contributed by atoms with Gasteiger partial charge in [-0.05, 0) is 50.6 Å². The zero-order chi connectivity index (χ0) is 12.1. The minimum Gasteiger partial charge on any atom is -0.319 e. The summed E-state index contributed by atoms with van der Waals surface area (Å²) >= 11 is 0. The van der Waals surface area contributed by atoms with E-state index >= 15 is 0 Å². The molecule has 0 aromatic heterocycles.